The lowest BCUT2D eigenvalue weighted by atomic mass is 10.0. The van der Waals surface area contributed by atoms with Crippen molar-refractivity contribution >= 4 is 29.9 Å². The van der Waals surface area contributed by atoms with Gasteiger partial charge >= 0.3 is 0 Å². The molecule has 0 heterocycles. The summed E-state index contributed by atoms with van der Waals surface area (Å²) >= 11 is 6.02. The first kappa shape index (κ1) is 21.0. The van der Waals surface area contributed by atoms with Crippen molar-refractivity contribution in [2.75, 3.05) is 20.2 Å². The summed E-state index contributed by atoms with van der Waals surface area (Å²) in [5.41, 5.74) is 6.83. The van der Waals surface area contributed by atoms with Gasteiger partial charge in [0.05, 0.1) is 0 Å². The second-order valence-electron chi connectivity index (χ2n) is 5.66. The maximum Gasteiger partial charge on any atom is 0.260 e. The Balaban J connectivity index is 0.00000441. The first-order valence-corrected chi connectivity index (χ1v) is 7.58. The number of carbonyl (C=O) groups excluding carboxylic acids is 1. The van der Waals surface area contributed by atoms with Gasteiger partial charge in [0.1, 0.15) is 5.75 Å². The molecule has 0 aliphatic rings. The summed E-state index contributed by atoms with van der Waals surface area (Å²) in [6.45, 7) is 6.67. The molecule has 6 heteroatoms. The third-order valence-corrected chi connectivity index (χ3v) is 4.06. The summed E-state index contributed by atoms with van der Waals surface area (Å²) in [5, 5.41) is 0.635. The van der Waals surface area contributed by atoms with Crippen LogP contribution in [0.4, 0.5) is 0 Å². The van der Waals surface area contributed by atoms with E-state index in [1.807, 2.05) is 13.0 Å². The molecule has 1 rings (SSSR count). The maximum atomic E-state index is 12.0. The van der Waals surface area contributed by atoms with Crippen molar-refractivity contribution in [2.24, 2.45) is 11.7 Å². The van der Waals surface area contributed by atoms with Crippen LogP contribution >= 0.6 is 24.0 Å². The predicted molar refractivity (Wildman–Crippen MR) is 94.0 cm³/mol. The largest absolute Gasteiger partial charge is 0.483 e. The van der Waals surface area contributed by atoms with Crippen LogP contribution in [0.2, 0.25) is 5.02 Å². The lowest BCUT2D eigenvalue weighted by Crippen LogP contribution is -2.36. The summed E-state index contributed by atoms with van der Waals surface area (Å²) in [4.78, 5) is 13.7. The van der Waals surface area contributed by atoms with Crippen LogP contribution in [0.1, 0.15) is 25.8 Å². The molecule has 0 fully saturated rings. The van der Waals surface area contributed by atoms with Gasteiger partial charge in [-0.15, -0.1) is 12.4 Å². The number of halogens is 2. The van der Waals surface area contributed by atoms with Crippen LogP contribution in [-0.2, 0) is 4.79 Å². The summed E-state index contributed by atoms with van der Waals surface area (Å²) in [7, 11) is 1.77. The van der Waals surface area contributed by atoms with E-state index in [-0.39, 0.29) is 31.0 Å². The normalized spacial score (nSPS) is 11.8. The number of ether oxygens (including phenoxy) is 1. The summed E-state index contributed by atoms with van der Waals surface area (Å²) < 4.78 is 5.55. The molecule has 0 aliphatic carbocycles. The van der Waals surface area contributed by atoms with E-state index in [1.54, 1.807) is 24.1 Å². The van der Waals surface area contributed by atoms with Gasteiger partial charge in [-0.25, -0.2) is 0 Å². The highest BCUT2D eigenvalue weighted by Crippen LogP contribution is 2.24. The molecule has 0 saturated heterocycles. The molecular formula is C16H26Cl2N2O2. The molecule has 4 nitrogen and oxygen atoms in total. The van der Waals surface area contributed by atoms with Gasteiger partial charge in [0.2, 0.25) is 0 Å². The molecule has 1 amide bonds. The van der Waals surface area contributed by atoms with Crippen molar-refractivity contribution in [2.45, 2.75) is 33.2 Å². The highest BCUT2D eigenvalue weighted by atomic mass is 35.5. The average molecular weight is 349 g/mol. The van der Waals surface area contributed by atoms with Crippen molar-refractivity contribution in [3.8, 4) is 5.75 Å². The molecule has 0 radical (unpaired) electrons. The van der Waals surface area contributed by atoms with Crippen LogP contribution in [0, 0.1) is 12.8 Å². The van der Waals surface area contributed by atoms with Crippen LogP contribution in [0.15, 0.2) is 18.2 Å². The first-order chi connectivity index (χ1) is 9.82. The number of carbonyl (C=O) groups is 1. The second kappa shape index (κ2) is 9.93. The zero-order chi connectivity index (χ0) is 16.0. The SMILES string of the molecule is Cc1c(Cl)cccc1OCC(=O)N(C)CCC(N)C(C)C.Cl. The second-order valence-corrected chi connectivity index (χ2v) is 6.07. The quantitative estimate of drug-likeness (QED) is 0.822. The van der Waals surface area contributed by atoms with E-state index in [2.05, 4.69) is 13.8 Å². The minimum Gasteiger partial charge on any atom is -0.483 e. The smallest absolute Gasteiger partial charge is 0.260 e. The Bertz CT molecular complexity index is 481. The maximum absolute atomic E-state index is 12.0. The number of rotatable bonds is 7. The topological polar surface area (TPSA) is 55.6 Å². The molecule has 1 aromatic carbocycles. The molecular weight excluding hydrogens is 323 g/mol. The summed E-state index contributed by atoms with van der Waals surface area (Å²) in [6.07, 6.45) is 0.788. The van der Waals surface area contributed by atoms with E-state index >= 15 is 0 Å². The Morgan fingerprint density at radius 3 is 2.64 bits per heavy atom. The Kier molecular flexibility index (Phi) is 9.49. The molecule has 22 heavy (non-hydrogen) atoms. The van der Waals surface area contributed by atoms with Gasteiger partial charge in [0, 0.05) is 30.2 Å². The van der Waals surface area contributed by atoms with Gasteiger partial charge in [-0.1, -0.05) is 31.5 Å². The van der Waals surface area contributed by atoms with Crippen LogP contribution < -0.4 is 10.5 Å². The van der Waals surface area contributed by atoms with E-state index < -0.39 is 0 Å². The predicted octanol–water partition coefficient (Wildman–Crippen LogP) is 3.28. The van der Waals surface area contributed by atoms with Crippen LogP contribution in [0.5, 0.6) is 5.75 Å². The molecule has 126 valence electrons. The molecule has 1 atom stereocenters. The van der Waals surface area contributed by atoms with Crippen molar-refractivity contribution in [1.29, 1.82) is 0 Å². The third kappa shape index (κ3) is 6.42. The highest BCUT2D eigenvalue weighted by Gasteiger charge is 2.14. The van der Waals surface area contributed by atoms with E-state index in [0.29, 0.717) is 23.2 Å². The van der Waals surface area contributed by atoms with E-state index in [4.69, 9.17) is 22.1 Å². The fourth-order valence-electron chi connectivity index (χ4n) is 1.79. The van der Waals surface area contributed by atoms with E-state index in [9.17, 15) is 4.79 Å². The van der Waals surface area contributed by atoms with Crippen LogP contribution in [0.25, 0.3) is 0 Å². The van der Waals surface area contributed by atoms with Crippen molar-refractivity contribution in [3.05, 3.63) is 28.8 Å². The summed E-state index contributed by atoms with van der Waals surface area (Å²) in [6, 6.07) is 5.52. The molecule has 0 bridgehead atoms. The average Bonchev–Trinajstić information content (AvgIpc) is 2.45. The zero-order valence-corrected chi connectivity index (χ0v) is 15.2. The Morgan fingerprint density at radius 2 is 2.05 bits per heavy atom. The fraction of sp³-hybridized carbons (Fsp3) is 0.562. The first-order valence-electron chi connectivity index (χ1n) is 7.20. The molecule has 1 aromatic rings. The number of amides is 1. The number of hydrogen-bond acceptors (Lipinski definition) is 3. The number of likely N-dealkylation sites (N-methyl/N-ethyl adjacent to an activating group) is 1. The standard InChI is InChI=1S/C16H25ClN2O2.ClH/c1-11(2)14(18)8-9-19(4)16(20)10-21-15-7-5-6-13(17)12(15)3;/h5-7,11,14H,8-10,18H2,1-4H3;1H. The Hall–Kier alpha value is -0.970. The lowest BCUT2D eigenvalue weighted by molar-refractivity contribution is -0.132. The number of nitrogens with zero attached hydrogens (tertiary/aromatic N) is 1. The van der Waals surface area contributed by atoms with E-state index in [0.717, 1.165) is 12.0 Å². The van der Waals surface area contributed by atoms with Gasteiger partial charge in [-0.3, -0.25) is 4.79 Å². The fourth-order valence-corrected chi connectivity index (χ4v) is 1.96. The zero-order valence-electron chi connectivity index (χ0n) is 13.6. The van der Waals surface area contributed by atoms with Gasteiger partial charge in [-0.2, -0.15) is 0 Å². The van der Waals surface area contributed by atoms with Crippen molar-refractivity contribution in [3.63, 3.8) is 0 Å². The number of nitrogens with two attached hydrogens (primary N) is 1. The van der Waals surface area contributed by atoms with Gasteiger partial charge in [0.15, 0.2) is 6.61 Å². The van der Waals surface area contributed by atoms with Gasteiger partial charge < -0.3 is 15.4 Å². The van der Waals surface area contributed by atoms with Crippen LogP contribution in [0.3, 0.4) is 0 Å². The minimum absolute atomic E-state index is 0. The highest BCUT2D eigenvalue weighted by molar-refractivity contribution is 6.31. The van der Waals surface area contributed by atoms with Crippen molar-refractivity contribution < 1.29 is 9.53 Å². The molecule has 0 aromatic heterocycles. The van der Waals surface area contributed by atoms with Crippen LogP contribution in [-0.4, -0.2) is 37.0 Å². The molecule has 0 spiro atoms. The number of hydrogen-bond donors (Lipinski definition) is 1. The van der Waals surface area contributed by atoms with E-state index in [1.165, 1.54) is 0 Å². The lowest BCUT2D eigenvalue weighted by Gasteiger charge is -2.21. The summed E-state index contributed by atoms with van der Waals surface area (Å²) in [5.74, 6) is 0.993. The monoisotopic (exact) mass is 348 g/mol. The number of benzene rings is 1. The van der Waals surface area contributed by atoms with Gasteiger partial charge in [-0.05, 0) is 31.4 Å². The molecule has 1 unspecified atom stereocenters. The Morgan fingerprint density at radius 1 is 1.41 bits per heavy atom. The third-order valence-electron chi connectivity index (χ3n) is 3.65. The van der Waals surface area contributed by atoms with Gasteiger partial charge in [0.25, 0.3) is 5.91 Å². The Labute approximate surface area is 144 Å². The minimum atomic E-state index is -0.0645. The molecule has 0 saturated carbocycles. The van der Waals surface area contributed by atoms with Crippen molar-refractivity contribution in [1.82, 2.24) is 4.90 Å². The molecule has 2 N–H and O–H groups in total. The molecule has 0 aliphatic heterocycles.